The number of carbonyl (C=O) groups excluding carboxylic acids is 2. The zero-order valence-electron chi connectivity index (χ0n) is 20.9. The molecule has 36 heavy (non-hydrogen) atoms. The van der Waals surface area contributed by atoms with E-state index in [1.54, 1.807) is 36.2 Å². The van der Waals surface area contributed by atoms with E-state index in [0.717, 1.165) is 31.4 Å². The van der Waals surface area contributed by atoms with Gasteiger partial charge < -0.3 is 24.0 Å². The second-order valence-electron chi connectivity index (χ2n) is 9.68. The zero-order chi connectivity index (χ0) is 25.4. The van der Waals surface area contributed by atoms with Gasteiger partial charge in [-0.05, 0) is 49.1 Å². The molecule has 0 saturated carbocycles. The average molecular weight is 515 g/mol. The largest absolute Gasteiger partial charge is 0.490 e. The van der Waals surface area contributed by atoms with Crippen molar-refractivity contribution in [3.63, 3.8) is 0 Å². The van der Waals surface area contributed by atoms with Crippen LogP contribution in [0.2, 0.25) is 5.02 Å². The molecule has 8 heteroatoms. The maximum absolute atomic E-state index is 13.3. The van der Waals surface area contributed by atoms with Crippen molar-refractivity contribution in [2.75, 3.05) is 40.0 Å². The van der Waals surface area contributed by atoms with Gasteiger partial charge in [0.1, 0.15) is 18.0 Å². The lowest BCUT2D eigenvalue weighted by molar-refractivity contribution is -0.166. The highest BCUT2D eigenvalue weighted by Crippen LogP contribution is 2.27. The zero-order valence-corrected chi connectivity index (χ0v) is 21.6. The Morgan fingerprint density at radius 3 is 2.64 bits per heavy atom. The summed E-state index contributed by atoms with van der Waals surface area (Å²) < 4.78 is 18.0. The molecule has 0 N–H and O–H groups in total. The molecule has 0 radical (unpaired) electrons. The lowest BCUT2D eigenvalue weighted by Gasteiger charge is -2.42. The SMILES string of the molecule is CN(Cc1ccccc1)C(=O)C[C@@]1(COc2ccc(Cl)cc2)CN(C(=O)CC[C@@H]2CCCO2)CCO1. The Morgan fingerprint density at radius 1 is 1.14 bits per heavy atom. The Morgan fingerprint density at radius 2 is 1.92 bits per heavy atom. The predicted molar refractivity (Wildman–Crippen MR) is 138 cm³/mol. The van der Waals surface area contributed by atoms with E-state index < -0.39 is 5.60 Å². The molecule has 0 aliphatic carbocycles. The summed E-state index contributed by atoms with van der Waals surface area (Å²) >= 11 is 6.01. The fourth-order valence-electron chi connectivity index (χ4n) is 4.72. The van der Waals surface area contributed by atoms with Crippen molar-refractivity contribution in [2.45, 2.75) is 50.4 Å². The number of halogens is 1. The normalized spacial score (nSPS) is 21.8. The fourth-order valence-corrected chi connectivity index (χ4v) is 4.85. The number of amides is 2. The lowest BCUT2D eigenvalue weighted by atomic mass is 9.96. The molecule has 0 spiro atoms. The van der Waals surface area contributed by atoms with Crippen LogP contribution in [0.3, 0.4) is 0 Å². The molecule has 2 heterocycles. The topological polar surface area (TPSA) is 68.3 Å². The van der Waals surface area contributed by atoms with Gasteiger partial charge in [0.05, 0.1) is 25.7 Å². The van der Waals surface area contributed by atoms with Crippen LogP contribution in [0.4, 0.5) is 0 Å². The van der Waals surface area contributed by atoms with Gasteiger partial charge in [0.2, 0.25) is 11.8 Å². The molecular weight excluding hydrogens is 480 g/mol. The van der Waals surface area contributed by atoms with Gasteiger partial charge in [-0.3, -0.25) is 9.59 Å². The van der Waals surface area contributed by atoms with Crippen LogP contribution in [0.25, 0.3) is 0 Å². The quantitative estimate of drug-likeness (QED) is 0.472. The molecule has 2 aliphatic heterocycles. The maximum Gasteiger partial charge on any atom is 0.225 e. The molecule has 2 atom stereocenters. The molecule has 2 amide bonds. The third-order valence-corrected chi connectivity index (χ3v) is 7.03. The number of morpholine rings is 1. The van der Waals surface area contributed by atoms with Crippen LogP contribution >= 0.6 is 11.6 Å². The van der Waals surface area contributed by atoms with Crippen molar-refractivity contribution >= 4 is 23.4 Å². The number of hydrogen-bond acceptors (Lipinski definition) is 5. The molecule has 0 bridgehead atoms. The van der Waals surface area contributed by atoms with Gasteiger partial charge in [0.15, 0.2) is 0 Å². The third-order valence-electron chi connectivity index (χ3n) is 6.78. The van der Waals surface area contributed by atoms with Crippen LogP contribution in [0.5, 0.6) is 5.75 Å². The Labute approximate surface area is 218 Å². The molecule has 0 aromatic heterocycles. The molecule has 2 aromatic carbocycles. The second-order valence-corrected chi connectivity index (χ2v) is 10.1. The van der Waals surface area contributed by atoms with E-state index in [4.69, 9.17) is 25.8 Å². The summed E-state index contributed by atoms with van der Waals surface area (Å²) in [7, 11) is 1.79. The first-order valence-corrected chi connectivity index (χ1v) is 13.0. The molecular formula is C28H35ClN2O5. The van der Waals surface area contributed by atoms with Crippen molar-refractivity contribution in [3.8, 4) is 5.75 Å². The highest BCUT2D eigenvalue weighted by atomic mass is 35.5. The summed E-state index contributed by atoms with van der Waals surface area (Å²) in [6.07, 6.45) is 3.50. The van der Waals surface area contributed by atoms with Gasteiger partial charge in [-0.1, -0.05) is 41.9 Å². The number of rotatable bonds is 10. The van der Waals surface area contributed by atoms with Crippen LogP contribution in [0, 0.1) is 0 Å². The van der Waals surface area contributed by atoms with Crippen LogP contribution in [0.15, 0.2) is 54.6 Å². The summed E-state index contributed by atoms with van der Waals surface area (Å²) in [6, 6.07) is 16.9. The molecule has 2 saturated heterocycles. The summed E-state index contributed by atoms with van der Waals surface area (Å²) in [5.41, 5.74) is 0.106. The van der Waals surface area contributed by atoms with E-state index in [2.05, 4.69) is 0 Å². The molecule has 194 valence electrons. The summed E-state index contributed by atoms with van der Waals surface area (Å²) in [5, 5.41) is 0.617. The maximum atomic E-state index is 13.3. The van der Waals surface area contributed by atoms with Crippen molar-refractivity contribution in [3.05, 3.63) is 65.2 Å². The van der Waals surface area contributed by atoms with Crippen molar-refractivity contribution < 1.29 is 23.8 Å². The lowest BCUT2D eigenvalue weighted by Crippen LogP contribution is -2.58. The average Bonchev–Trinajstić information content (AvgIpc) is 3.41. The van der Waals surface area contributed by atoms with E-state index in [0.29, 0.717) is 43.4 Å². The number of hydrogen-bond donors (Lipinski definition) is 0. The molecule has 4 rings (SSSR count). The first-order chi connectivity index (χ1) is 17.4. The summed E-state index contributed by atoms with van der Waals surface area (Å²) in [5.74, 6) is 0.635. The second kappa shape index (κ2) is 12.6. The summed E-state index contributed by atoms with van der Waals surface area (Å²) in [4.78, 5) is 29.9. The van der Waals surface area contributed by atoms with Crippen LogP contribution in [-0.2, 0) is 25.6 Å². The highest BCUT2D eigenvalue weighted by Gasteiger charge is 2.42. The van der Waals surface area contributed by atoms with Crippen LogP contribution in [-0.4, -0.2) is 73.3 Å². The predicted octanol–water partition coefficient (Wildman–Crippen LogP) is 4.32. The molecule has 2 fully saturated rings. The first-order valence-electron chi connectivity index (χ1n) is 12.6. The van der Waals surface area contributed by atoms with E-state index in [1.807, 2.05) is 35.2 Å². The van der Waals surface area contributed by atoms with E-state index in [-0.39, 0.29) is 30.9 Å². The van der Waals surface area contributed by atoms with Crippen molar-refractivity contribution in [1.29, 1.82) is 0 Å². The highest BCUT2D eigenvalue weighted by molar-refractivity contribution is 6.30. The van der Waals surface area contributed by atoms with Gasteiger partial charge >= 0.3 is 0 Å². The minimum Gasteiger partial charge on any atom is -0.490 e. The Bertz CT molecular complexity index is 997. The smallest absolute Gasteiger partial charge is 0.225 e. The standard InChI is InChI=1S/C28H35ClN2O5/c1-30(19-22-6-3-2-4-7-22)27(33)18-28(21-35-25-11-9-23(29)10-12-25)20-31(15-17-36-28)26(32)14-13-24-8-5-16-34-24/h2-4,6-7,9-12,24H,5,8,13-21H2,1H3/t24-,28-/m0/s1. The van der Waals surface area contributed by atoms with Gasteiger partial charge in [-0.25, -0.2) is 0 Å². The van der Waals surface area contributed by atoms with Gasteiger partial charge in [0.25, 0.3) is 0 Å². The molecule has 7 nitrogen and oxygen atoms in total. The van der Waals surface area contributed by atoms with Gasteiger partial charge in [-0.2, -0.15) is 0 Å². The molecule has 2 aliphatic rings. The number of ether oxygens (including phenoxy) is 3. The fraction of sp³-hybridized carbons (Fsp3) is 0.500. The van der Waals surface area contributed by atoms with E-state index in [9.17, 15) is 9.59 Å². The minimum absolute atomic E-state index is 0.0628. The van der Waals surface area contributed by atoms with Crippen LogP contribution in [0.1, 0.15) is 37.7 Å². The van der Waals surface area contributed by atoms with Crippen molar-refractivity contribution in [2.24, 2.45) is 0 Å². The number of carbonyl (C=O) groups is 2. The Hall–Kier alpha value is -2.61. The Balaban J connectivity index is 1.43. The number of nitrogens with zero attached hydrogens (tertiary/aromatic N) is 2. The number of benzene rings is 2. The minimum atomic E-state index is -0.945. The van der Waals surface area contributed by atoms with Gasteiger partial charge in [0, 0.05) is 38.2 Å². The van der Waals surface area contributed by atoms with E-state index >= 15 is 0 Å². The third kappa shape index (κ3) is 7.45. The van der Waals surface area contributed by atoms with Crippen molar-refractivity contribution in [1.82, 2.24) is 9.80 Å². The first kappa shape index (κ1) is 26.5. The van der Waals surface area contributed by atoms with E-state index in [1.165, 1.54) is 0 Å². The van der Waals surface area contributed by atoms with Gasteiger partial charge in [-0.15, -0.1) is 0 Å². The van der Waals surface area contributed by atoms with Crippen LogP contribution < -0.4 is 4.74 Å². The molecule has 2 aromatic rings. The monoisotopic (exact) mass is 514 g/mol. The summed E-state index contributed by atoms with van der Waals surface area (Å²) in [6.45, 7) is 2.58. The molecule has 0 unspecified atom stereocenters. The Kier molecular flexibility index (Phi) is 9.24.